The molecule has 1 rings (SSSR count). The van der Waals surface area contributed by atoms with Crippen molar-refractivity contribution in [2.45, 2.75) is 26.2 Å². The van der Waals surface area contributed by atoms with Gasteiger partial charge in [-0.1, -0.05) is 24.3 Å². The van der Waals surface area contributed by atoms with E-state index in [9.17, 15) is 4.79 Å². The van der Waals surface area contributed by atoms with E-state index in [-0.39, 0.29) is 5.91 Å². The van der Waals surface area contributed by atoms with Gasteiger partial charge < -0.3 is 11.1 Å². The fourth-order valence-corrected chi connectivity index (χ4v) is 1.56. The SMILES string of the molecule is C/C=C/CCNC(=O)CCc1cccc(N)c1. The summed E-state index contributed by atoms with van der Waals surface area (Å²) in [6.45, 7) is 2.68. The quantitative estimate of drug-likeness (QED) is 0.449. The van der Waals surface area contributed by atoms with Gasteiger partial charge in [0.2, 0.25) is 5.91 Å². The fourth-order valence-electron chi connectivity index (χ4n) is 1.56. The van der Waals surface area contributed by atoms with Crippen LogP contribution < -0.4 is 11.1 Å². The van der Waals surface area contributed by atoms with Gasteiger partial charge in [-0.2, -0.15) is 0 Å². The Labute approximate surface area is 103 Å². The first-order chi connectivity index (χ1) is 8.22. The molecule has 0 aromatic heterocycles. The highest BCUT2D eigenvalue weighted by molar-refractivity contribution is 5.76. The average Bonchev–Trinajstić information content (AvgIpc) is 2.32. The number of carbonyl (C=O) groups excluding carboxylic acids is 1. The third-order valence-electron chi connectivity index (χ3n) is 2.46. The van der Waals surface area contributed by atoms with Crippen molar-refractivity contribution in [2.24, 2.45) is 0 Å². The van der Waals surface area contributed by atoms with Crippen LogP contribution in [0.5, 0.6) is 0 Å². The number of hydrogen-bond donors (Lipinski definition) is 2. The van der Waals surface area contributed by atoms with Gasteiger partial charge in [0.15, 0.2) is 0 Å². The first-order valence-electron chi connectivity index (χ1n) is 5.94. The number of carbonyl (C=O) groups is 1. The summed E-state index contributed by atoms with van der Waals surface area (Å²) in [7, 11) is 0. The van der Waals surface area contributed by atoms with Crippen LogP contribution in [0.1, 0.15) is 25.3 Å². The van der Waals surface area contributed by atoms with Gasteiger partial charge in [-0.15, -0.1) is 0 Å². The maximum atomic E-state index is 11.5. The smallest absolute Gasteiger partial charge is 0.220 e. The zero-order valence-corrected chi connectivity index (χ0v) is 10.3. The molecule has 0 aliphatic carbocycles. The molecule has 0 radical (unpaired) electrons. The Kier molecular flexibility index (Phi) is 5.86. The molecule has 92 valence electrons. The second-order valence-corrected chi connectivity index (χ2v) is 3.95. The number of allylic oxidation sites excluding steroid dienone is 1. The second-order valence-electron chi connectivity index (χ2n) is 3.95. The van der Waals surface area contributed by atoms with E-state index in [4.69, 9.17) is 5.73 Å². The molecule has 1 aromatic rings. The third kappa shape index (κ3) is 5.76. The zero-order valence-electron chi connectivity index (χ0n) is 10.3. The van der Waals surface area contributed by atoms with E-state index in [0.717, 1.165) is 24.1 Å². The molecule has 0 saturated heterocycles. The van der Waals surface area contributed by atoms with E-state index in [2.05, 4.69) is 5.32 Å². The molecule has 0 unspecified atom stereocenters. The first kappa shape index (κ1) is 13.3. The van der Waals surface area contributed by atoms with E-state index in [1.807, 2.05) is 43.3 Å². The highest BCUT2D eigenvalue weighted by atomic mass is 16.1. The van der Waals surface area contributed by atoms with Gasteiger partial charge in [-0.25, -0.2) is 0 Å². The summed E-state index contributed by atoms with van der Waals surface area (Å²) in [6, 6.07) is 7.66. The van der Waals surface area contributed by atoms with Crippen LogP contribution in [0, 0.1) is 0 Å². The van der Waals surface area contributed by atoms with Crippen LogP contribution in [-0.4, -0.2) is 12.5 Å². The number of nitrogens with one attached hydrogen (secondary N) is 1. The molecule has 1 aromatic carbocycles. The normalized spacial score (nSPS) is 10.6. The van der Waals surface area contributed by atoms with Gasteiger partial charge in [0, 0.05) is 18.7 Å². The Morgan fingerprint density at radius 2 is 2.29 bits per heavy atom. The van der Waals surface area contributed by atoms with Crippen LogP contribution in [0.2, 0.25) is 0 Å². The molecule has 0 saturated carbocycles. The van der Waals surface area contributed by atoms with Crippen LogP contribution >= 0.6 is 0 Å². The van der Waals surface area contributed by atoms with Crippen LogP contribution in [0.25, 0.3) is 0 Å². The predicted octanol–water partition coefficient (Wildman–Crippen LogP) is 2.28. The first-order valence-corrected chi connectivity index (χ1v) is 5.94. The molecule has 3 N–H and O–H groups in total. The summed E-state index contributed by atoms with van der Waals surface area (Å²) in [5.41, 5.74) is 7.52. The lowest BCUT2D eigenvalue weighted by molar-refractivity contribution is -0.121. The number of aryl methyl sites for hydroxylation is 1. The number of benzene rings is 1. The predicted molar refractivity (Wildman–Crippen MR) is 71.6 cm³/mol. The lowest BCUT2D eigenvalue weighted by atomic mass is 10.1. The Balaban J connectivity index is 2.24. The van der Waals surface area contributed by atoms with E-state index >= 15 is 0 Å². The monoisotopic (exact) mass is 232 g/mol. The number of anilines is 1. The van der Waals surface area contributed by atoms with E-state index in [1.54, 1.807) is 0 Å². The molecule has 3 heteroatoms. The lowest BCUT2D eigenvalue weighted by Gasteiger charge is -2.04. The maximum absolute atomic E-state index is 11.5. The molecule has 3 nitrogen and oxygen atoms in total. The maximum Gasteiger partial charge on any atom is 0.220 e. The van der Waals surface area contributed by atoms with Crippen molar-refractivity contribution in [3.63, 3.8) is 0 Å². The number of rotatable bonds is 6. The Bertz CT molecular complexity index is 386. The van der Waals surface area contributed by atoms with Crippen molar-refractivity contribution < 1.29 is 4.79 Å². The molecular formula is C14H20N2O. The standard InChI is InChI=1S/C14H20N2O/c1-2-3-4-10-16-14(17)9-8-12-6-5-7-13(15)11-12/h2-3,5-7,11H,4,8-10,15H2,1H3,(H,16,17)/b3-2+. The van der Waals surface area contributed by atoms with Gasteiger partial charge in [0.25, 0.3) is 0 Å². The highest BCUT2D eigenvalue weighted by Crippen LogP contribution is 2.08. The molecule has 1 amide bonds. The van der Waals surface area contributed by atoms with Crippen molar-refractivity contribution >= 4 is 11.6 Å². The Hall–Kier alpha value is -1.77. The minimum absolute atomic E-state index is 0.0944. The summed E-state index contributed by atoms with van der Waals surface area (Å²) >= 11 is 0. The molecule has 0 aliphatic rings. The van der Waals surface area contributed by atoms with E-state index < -0.39 is 0 Å². The van der Waals surface area contributed by atoms with Crippen LogP contribution in [0.4, 0.5) is 5.69 Å². The van der Waals surface area contributed by atoms with Gasteiger partial charge in [0.1, 0.15) is 0 Å². The summed E-state index contributed by atoms with van der Waals surface area (Å²) in [4.78, 5) is 11.5. The van der Waals surface area contributed by atoms with Crippen molar-refractivity contribution in [1.82, 2.24) is 5.32 Å². The van der Waals surface area contributed by atoms with Gasteiger partial charge in [-0.3, -0.25) is 4.79 Å². The third-order valence-corrected chi connectivity index (χ3v) is 2.46. The summed E-state index contributed by atoms with van der Waals surface area (Å²) in [6.07, 6.45) is 6.16. The average molecular weight is 232 g/mol. The molecule has 0 spiro atoms. The minimum atomic E-state index is 0.0944. The molecule has 0 bridgehead atoms. The zero-order chi connectivity index (χ0) is 12.5. The number of nitrogen functional groups attached to an aromatic ring is 1. The summed E-state index contributed by atoms with van der Waals surface area (Å²) < 4.78 is 0. The van der Waals surface area contributed by atoms with Crippen molar-refractivity contribution in [3.05, 3.63) is 42.0 Å². The number of amides is 1. The molecule has 17 heavy (non-hydrogen) atoms. The van der Waals surface area contributed by atoms with Gasteiger partial charge >= 0.3 is 0 Å². The second kappa shape index (κ2) is 7.49. The van der Waals surface area contributed by atoms with Crippen LogP contribution in [0.3, 0.4) is 0 Å². The van der Waals surface area contributed by atoms with Gasteiger partial charge in [0.05, 0.1) is 0 Å². The minimum Gasteiger partial charge on any atom is -0.399 e. The topological polar surface area (TPSA) is 55.1 Å². The highest BCUT2D eigenvalue weighted by Gasteiger charge is 2.01. The van der Waals surface area contributed by atoms with E-state index in [0.29, 0.717) is 13.0 Å². The molecule has 0 atom stereocenters. The van der Waals surface area contributed by atoms with Crippen LogP contribution in [0.15, 0.2) is 36.4 Å². The summed E-state index contributed by atoms with van der Waals surface area (Å²) in [5, 5.41) is 2.88. The van der Waals surface area contributed by atoms with E-state index in [1.165, 1.54) is 0 Å². The van der Waals surface area contributed by atoms with Crippen molar-refractivity contribution in [1.29, 1.82) is 0 Å². The lowest BCUT2D eigenvalue weighted by Crippen LogP contribution is -2.24. The van der Waals surface area contributed by atoms with Crippen LogP contribution in [-0.2, 0) is 11.2 Å². The number of nitrogens with two attached hydrogens (primary N) is 1. The fraction of sp³-hybridized carbons (Fsp3) is 0.357. The molecular weight excluding hydrogens is 212 g/mol. The summed E-state index contributed by atoms with van der Waals surface area (Å²) in [5.74, 6) is 0.0944. The van der Waals surface area contributed by atoms with Gasteiger partial charge in [-0.05, 0) is 37.5 Å². The molecule has 0 aliphatic heterocycles. The number of hydrogen-bond acceptors (Lipinski definition) is 2. The van der Waals surface area contributed by atoms with Crippen molar-refractivity contribution in [2.75, 3.05) is 12.3 Å². The largest absolute Gasteiger partial charge is 0.399 e. The Morgan fingerprint density at radius 1 is 1.47 bits per heavy atom. The van der Waals surface area contributed by atoms with Crippen molar-refractivity contribution in [3.8, 4) is 0 Å². The molecule has 0 heterocycles. The molecule has 0 fully saturated rings. The Morgan fingerprint density at radius 3 is 3.00 bits per heavy atom.